The summed E-state index contributed by atoms with van der Waals surface area (Å²) in [6.45, 7) is 3.04. The molecule has 0 radical (unpaired) electrons. The number of amides is 1. The molecule has 1 aliphatic rings. The standard InChI is InChI=1S/C20H21N3O3S/c1-3-26-18-10-6-16(7-11-18)13-23-19(24)14-27-20(23)22-21-12-15-4-8-17(25-2)9-5-15/h4-12H,3,13-14H2,1-2H3/b21-12+,22-20-. The fourth-order valence-corrected chi connectivity index (χ4v) is 3.34. The Morgan fingerprint density at radius 2 is 1.81 bits per heavy atom. The molecule has 0 spiro atoms. The lowest BCUT2D eigenvalue weighted by molar-refractivity contribution is -0.124. The Labute approximate surface area is 162 Å². The minimum absolute atomic E-state index is 0.0345. The van der Waals surface area contributed by atoms with Crippen LogP contribution in [0.5, 0.6) is 11.5 Å². The van der Waals surface area contributed by atoms with Gasteiger partial charge in [0.2, 0.25) is 5.91 Å². The van der Waals surface area contributed by atoms with E-state index in [-0.39, 0.29) is 5.91 Å². The molecule has 0 N–H and O–H groups in total. The van der Waals surface area contributed by atoms with Crippen LogP contribution in [0.2, 0.25) is 0 Å². The first-order valence-electron chi connectivity index (χ1n) is 8.59. The topological polar surface area (TPSA) is 63.5 Å². The van der Waals surface area contributed by atoms with E-state index < -0.39 is 0 Å². The molecule has 0 aromatic heterocycles. The van der Waals surface area contributed by atoms with Gasteiger partial charge in [-0.1, -0.05) is 23.9 Å². The van der Waals surface area contributed by atoms with Crippen LogP contribution in [0.1, 0.15) is 18.1 Å². The minimum Gasteiger partial charge on any atom is -0.497 e. The maximum Gasteiger partial charge on any atom is 0.239 e. The van der Waals surface area contributed by atoms with Crippen LogP contribution in [-0.2, 0) is 11.3 Å². The monoisotopic (exact) mass is 383 g/mol. The van der Waals surface area contributed by atoms with Crippen LogP contribution in [-0.4, -0.2) is 41.7 Å². The van der Waals surface area contributed by atoms with E-state index in [9.17, 15) is 4.79 Å². The number of amidine groups is 1. The second-order valence-corrected chi connectivity index (χ2v) is 6.69. The van der Waals surface area contributed by atoms with Crippen LogP contribution >= 0.6 is 11.8 Å². The van der Waals surface area contributed by atoms with E-state index >= 15 is 0 Å². The highest BCUT2D eigenvalue weighted by Gasteiger charge is 2.28. The van der Waals surface area contributed by atoms with Gasteiger partial charge < -0.3 is 9.47 Å². The number of methoxy groups -OCH3 is 1. The predicted molar refractivity (Wildman–Crippen MR) is 109 cm³/mol. The lowest BCUT2D eigenvalue weighted by Gasteiger charge is -2.15. The first-order chi connectivity index (χ1) is 13.2. The lowest BCUT2D eigenvalue weighted by atomic mass is 10.2. The van der Waals surface area contributed by atoms with Gasteiger partial charge in [0.05, 0.1) is 32.2 Å². The summed E-state index contributed by atoms with van der Waals surface area (Å²) in [5.74, 6) is 2.03. The van der Waals surface area contributed by atoms with Crippen molar-refractivity contribution in [3.63, 3.8) is 0 Å². The third-order valence-corrected chi connectivity index (χ3v) is 4.85. The van der Waals surface area contributed by atoms with Gasteiger partial charge >= 0.3 is 0 Å². The molecule has 0 saturated carbocycles. The van der Waals surface area contributed by atoms with Crippen molar-refractivity contribution in [1.82, 2.24) is 4.90 Å². The number of carbonyl (C=O) groups is 1. The van der Waals surface area contributed by atoms with Gasteiger partial charge in [-0.3, -0.25) is 9.69 Å². The fourth-order valence-electron chi connectivity index (χ4n) is 2.50. The van der Waals surface area contributed by atoms with Crippen molar-refractivity contribution >= 4 is 29.1 Å². The van der Waals surface area contributed by atoms with Crippen molar-refractivity contribution in [2.45, 2.75) is 13.5 Å². The summed E-state index contributed by atoms with van der Waals surface area (Å²) < 4.78 is 10.6. The van der Waals surface area contributed by atoms with Crippen molar-refractivity contribution < 1.29 is 14.3 Å². The summed E-state index contributed by atoms with van der Waals surface area (Å²) in [5, 5.41) is 8.98. The van der Waals surface area contributed by atoms with Gasteiger partial charge in [0.25, 0.3) is 0 Å². The molecule has 1 saturated heterocycles. The Kier molecular flexibility index (Phi) is 6.49. The van der Waals surface area contributed by atoms with Gasteiger partial charge in [-0.05, 0) is 54.4 Å². The van der Waals surface area contributed by atoms with Crippen LogP contribution in [0, 0.1) is 0 Å². The molecule has 6 nitrogen and oxygen atoms in total. The number of hydrogen-bond acceptors (Lipinski definition) is 6. The van der Waals surface area contributed by atoms with Gasteiger partial charge in [0.15, 0.2) is 5.17 Å². The van der Waals surface area contributed by atoms with Crippen molar-refractivity contribution in [3.05, 3.63) is 59.7 Å². The fraction of sp³-hybridized carbons (Fsp3) is 0.250. The maximum atomic E-state index is 12.2. The molecule has 2 aromatic carbocycles. The summed E-state index contributed by atoms with van der Waals surface area (Å²) in [5.41, 5.74) is 1.92. The number of hydrogen-bond donors (Lipinski definition) is 0. The Morgan fingerprint density at radius 1 is 1.11 bits per heavy atom. The molecule has 3 rings (SSSR count). The zero-order valence-electron chi connectivity index (χ0n) is 15.3. The molecule has 0 atom stereocenters. The van der Waals surface area contributed by atoms with E-state index in [4.69, 9.17) is 9.47 Å². The summed E-state index contributed by atoms with van der Waals surface area (Å²) in [7, 11) is 1.63. The van der Waals surface area contributed by atoms with Gasteiger partial charge in [-0.15, -0.1) is 5.10 Å². The summed E-state index contributed by atoms with van der Waals surface area (Å²) in [6, 6.07) is 15.2. The number of benzene rings is 2. The highest BCUT2D eigenvalue weighted by atomic mass is 32.2. The van der Waals surface area contributed by atoms with Gasteiger partial charge in [-0.2, -0.15) is 5.10 Å². The summed E-state index contributed by atoms with van der Waals surface area (Å²) in [4.78, 5) is 13.9. The van der Waals surface area contributed by atoms with Gasteiger partial charge in [0.1, 0.15) is 11.5 Å². The van der Waals surface area contributed by atoms with E-state index in [2.05, 4.69) is 10.2 Å². The SMILES string of the molecule is CCOc1ccc(CN2C(=O)CS/C2=N\N=C\c2ccc(OC)cc2)cc1. The zero-order chi connectivity index (χ0) is 19.1. The van der Waals surface area contributed by atoms with Crippen LogP contribution < -0.4 is 9.47 Å². The van der Waals surface area contributed by atoms with Crippen molar-refractivity contribution in [3.8, 4) is 11.5 Å². The lowest BCUT2D eigenvalue weighted by Crippen LogP contribution is -2.28. The Hall–Kier alpha value is -2.80. The first-order valence-corrected chi connectivity index (χ1v) is 9.58. The normalized spacial score (nSPS) is 15.7. The molecule has 0 bridgehead atoms. The Bertz CT molecular complexity index is 833. The number of rotatable bonds is 7. The number of carbonyl (C=O) groups excluding carboxylic acids is 1. The summed E-state index contributed by atoms with van der Waals surface area (Å²) >= 11 is 1.40. The van der Waals surface area contributed by atoms with Crippen LogP contribution in [0.15, 0.2) is 58.7 Å². The predicted octanol–water partition coefficient (Wildman–Crippen LogP) is 3.56. The van der Waals surface area contributed by atoms with E-state index in [1.54, 1.807) is 18.2 Å². The molecule has 2 aromatic rings. The number of nitrogens with zero attached hydrogens (tertiary/aromatic N) is 3. The van der Waals surface area contributed by atoms with Crippen molar-refractivity contribution in [2.24, 2.45) is 10.2 Å². The maximum absolute atomic E-state index is 12.2. The van der Waals surface area contributed by atoms with E-state index in [0.29, 0.717) is 24.1 Å². The molecular formula is C20H21N3O3S. The zero-order valence-corrected chi connectivity index (χ0v) is 16.1. The van der Waals surface area contributed by atoms with E-state index in [0.717, 1.165) is 22.6 Å². The van der Waals surface area contributed by atoms with Crippen molar-refractivity contribution in [2.75, 3.05) is 19.5 Å². The Morgan fingerprint density at radius 3 is 2.48 bits per heavy atom. The molecule has 7 heteroatoms. The van der Waals surface area contributed by atoms with Gasteiger partial charge in [0, 0.05) is 0 Å². The third kappa shape index (κ3) is 5.10. The van der Waals surface area contributed by atoms with Gasteiger partial charge in [-0.25, -0.2) is 0 Å². The molecule has 0 aliphatic carbocycles. The van der Waals surface area contributed by atoms with Crippen LogP contribution in [0.3, 0.4) is 0 Å². The molecule has 1 fully saturated rings. The second-order valence-electron chi connectivity index (χ2n) is 5.75. The average molecular weight is 383 g/mol. The number of thioether (sulfide) groups is 1. The minimum atomic E-state index is 0.0345. The smallest absolute Gasteiger partial charge is 0.239 e. The van der Waals surface area contributed by atoms with Crippen LogP contribution in [0.4, 0.5) is 0 Å². The molecule has 27 heavy (non-hydrogen) atoms. The molecule has 1 heterocycles. The molecule has 1 amide bonds. The Balaban J connectivity index is 1.67. The third-order valence-electron chi connectivity index (χ3n) is 3.90. The second kappa shape index (κ2) is 9.23. The summed E-state index contributed by atoms with van der Waals surface area (Å²) in [6.07, 6.45) is 1.66. The quantitative estimate of drug-likeness (QED) is 0.542. The molecule has 140 valence electrons. The first kappa shape index (κ1) is 19.0. The molecule has 0 unspecified atom stereocenters. The van der Waals surface area contributed by atoms with Crippen molar-refractivity contribution in [1.29, 1.82) is 0 Å². The molecular weight excluding hydrogens is 362 g/mol. The number of ether oxygens (including phenoxy) is 2. The largest absolute Gasteiger partial charge is 0.497 e. The average Bonchev–Trinajstić information content (AvgIpc) is 3.04. The highest BCUT2D eigenvalue weighted by Crippen LogP contribution is 2.23. The highest BCUT2D eigenvalue weighted by molar-refractivity contribution is 8.15. The molecule has 1 aliphatic heterocycles. The van der Waals surface area contributed by atoms with E-state index in [1.807, 2.05) is 55.5 Å². The van der Waals surface area contributed by atoms with Crippen LogP contribution in [0.25, 0.3) is 0 Å². The van der Waals surface area contributed by atoms with E-state index in [1.165, 1.54) is 11.8 Å².